The van der Waals surface area contributed by atoms with Crippen molar-refractivity contribution in [3.8, 4) is 5.75 Å². The van der Waals surface area contributed by atoms with Gasteiger partial charge < -0.3 is 14.8 Å². The largest absolute Gasteiger partial charge is 0.484 e. The van der Waals surface area contributed by atoms with Crippen LogP contribution in [0.25, 0.3) is 0 Å². The van der Waals surface area contributed by atoms with Crippen molar-refractivity contribution in [3.63, 3.8) is 0 Å². The van der Waals surface area contributed by atoms with E-state index in [0.29, 0.717) is 6.04 Å². The van der Waals surface area contributed by atoms with Gasteiger partial charge in [-0.05, 0) is 20.0 Å². The summed E-state index contributed by atoms with van der Waals surface area (Å²) in [7, 11) is 2.02. The summed E-state index contributed by atoms with van der Waals surface area (Å²) in [6.45, 7) is 3.66. The first-order chi connectivity index (χ1) is 8.22. The van der Waals surface area contributed by atoms with E-state index in [1.807, 2.05) is 7.05 Å². The molecule has 0 bridgehead atoms. The first-order valence-corrected chi connectivity index (χ1v) is 6.27. The third-order valence-corrected chi connectivity index (χ3v) is 3.86. The number of hydrogen-bond donors (Lipinski definition) is 1. The van der Waals surface area contributed by atoms with Gasteiger partial charge in [0.05, 0.1) is 13.2 Å². The Morgan fingerprint density at radius 3 is 3.00 bits per heavy atom. The molecule has 2 atom stereocenters. The van der Waals surface area contributed by atoms with E-state index in [1.165, 1.54) is 11.1 Å². The minimum atomic E-state index is -0.101. The zero-order chi connectivity index (χ0) is 11.9. The van der Waals surface area contributed by atoms with Crippen LogP contribution in [0.5, 0.6) is 5.75 Å². The predicted molar refractivity (Wildman–Crippen MR) is 66.4 cm³/mol. The average molecular weight is 233 g/mol. The van der Waals surface area contributed by atoms with Crippen molar-refractivity contribution in [2.24, 2.45) is 0 Å². The summed E-state index contributed by atoms with van der Waals surface area (Å²) in [6, 6.07) is 6.80. The third-order valence-electron chi connectivity index (χ3n) is 3.86. The topological polar surface area (TPSA) is 30.5 Å². The number of rotatable bonds is 1. The van der Waals surface area contributed by atoms with Gasteiger partial charge in [0.15, 0.2) is 0 Å². The molecule has 1 aromatic rings. The van der Waals surface area contributed by atoms with Gasteiger partial charge in [-0.3, -0.25) is 0 Å². The highest BCUT2D eigenvalue weighted by Gasteiger charge is 2.43. The lowest BCUT2D eigenvalue weighted by Crippen LogP contribution is -2.44. The maximum atomic E-state index is 6.20. The van der Waals surface area contributed by atoms with Crippen molar-refractivity contribution in [3.05, 3.63) is 29.3 Å². The lowest BCUT2D eigenvalue weighted by atomic mass is 9.86. The second kappa shape index (κ2) is 4.00. The smallest absolute Gasteiger partial charge is 0.136 e. The average Bonchev–Trinajstić information content (AvgIpc) is 2.77. The molecule has 1 fully saturated rings. The minimum Gasteiger partial charge on any atom is -0.484 e. The first-order valence-electron chi connectivity index (χ1n) is 6.27. The Balaban J connectivity index is 2.00. The maximum absolute atomic E-state index is 6.20. The molecule has 1 N–H and O–H groups in total. The summed E-state index contributed by atoms with van der Waals surface area (Å²) in [5.74, 6) is 1.02. The Morgan fingerprint density at radius 1 is 1.41 bits per heavy atom. The molecule has 0 radical (unpaired) electrons. The highest BCUT2D eigenvalue weighted by molar-refractivity contribution is 5.41. The summed E-state index contributed by atoms with van der Waals surface area (Å²) < 4.78 is 11.7. The lowest BCUT2D eigenvalue weighted by Gasteiger charge is -2.39. The molecule has 2 aliphatic heterocycles. The number of nitrogens with one attached hydrogen (secondary N) is 1. The molecule has 0 aliphatic carbocycles. The molecular weight excluding hydrogens is 214 g/mol. The summed E-state index contributed by atoms with van der Waals surface area (Å²) in [5, 5.41) is 3.40. The zero-order valence-corrected chi connectivity index (χ0v) is 10.5. The van der Waals surface area contributed by atoms with Gasteiger partial charge in [0.2, 0.25) is 0 Å². The van der Waals surface area contributed by atoms with Crippen molar-refractivity contribution in [1.82, 2.24) is 5.32 Å². The van der Waals surface area contributed by atoms with E-state index < -0.39 is 0 Å². The Hall–Kier alpha value is -1.06. The quantitative estimate of drug-likeness (QED) is 0.806. The second-order valence-electron chi connectivity index (χ2n) is 5.17. The van der Waals surface area contributed by atoms with Crippen LogP contribution in [0.15, 0.2) is 18.2 Å². The highest BCUT2D eigenvalue weighted by atomic mass is 16.6. The molecule has 0 aromatic heterocycles. The number of hydrogen-bond acceptors (Lipinski definition) is 3. The Bertz CT molecular complexity index is 424. The fraction of sp³-hybridized carbons (Fsp3) is 0.571. The van der Waals surface area contributed by atoms with Gasteiger partial charge in [0.1, 0.15) is 11.4 Å². The fourth-order valence-corrected chi connectivity index (χ4v) is 2.88. The van der Waals surface area contributed by atoms with Crippen molar-refractivity contribution in [2.45, 2.75) is 31.4 Å². The SMILES string of the molecule is CNC1CC2(CCOC2)Oc2ccc(C)cc21. The number of ether oxygens (including phenoxy) is 2. The Kier molecular flexibility index (Phi) is 2.60. The van der Waals surface area contributed by atoms with Crippen LogP contribution in [0.2, 0.25) is 0 Å². The van der Waals surface area contributed by atoms with Crippen LogP contribution in [0.3, 0.4) is 0 Å². The van der Waals surface area contributed by atoms with E-state index in [2.05, 4.69) is 30.4 Å². The molecule has 1 aromatic carbocycles. The molecule has 1 spiro atoms. The molecule has 92 valence electrons. The van der Waals surface area contributed by atoms with Crippen LogP contribution in [0.1, 0.15) is 30.0 Å². The van der Waals surface area contributed by atoms with Gasteiger partial charge in [-0.2, -0.15) is 0 Å². The van der Waals surface area contributed by atoms with Gasteiger partial charge in [0, 0.05) is 24.4 Å². The van der Waals surface area contributed by atoms with Crippen molar-refractivity contribution >= 4 is 0 Å². The lowest BCUT2D eigenvalue weighted by molar-refractivity contribution is 0.0198. The normalized spacial score (nSPS) is 31.3. The molecule has 3 rings (SSSR count). The van der Waals surface area contributed by atoms with Crippen LogP contribution in [-0.2, 0) is 4.74 Å². The number of benzene rings is 1. The van der Waals surface area contributed by atoms with E-state index in [-0.39, 0.29) is 5.60 Å². The van der Waals surface area contributed by atoms with E-state index in [4.69, 9.17) is 9.47 Å². The summed E-state index contributed by atoms with van der Waals surface area (Å²) in [6.07, 6.45) is 2.00. The summed E-state index contributed by atoms with van der Waals surface area (Å²) >= 11 is 0. The fourth-order valence-electron chi connectivity index (χ4n) is 2.88. The second-order valence-corrected chi connectivity index (χ2v) is 5.17. The van der Waals surface area contributed by atoms with Gasteiger partial charge in [-0.25, -0.2) is 0 Å². The van der Waals surface area contributed by atoms with E-state index >= 15 is 0 Å². The van der Waals surface area contributed by atoms with Crippen LogP contribution in [0, 0.1) is 6.92 Å². The molecule has 0 saturated carbocycles. The van der Waals surface area contributed by atoms with Gasteiger partial charge in [-0.1, -0.05) is 17.7 Å². The third kappa shape index (κ3) is 1.83. The molecule has 0 amide bonds. The van der Waals surface area contributed by atoms with Crippen LogP contribution in [0.4, 0.5) is 0 Å². The summed E-state index contributed by atoms with van der Waals surface area (Å²) in [4.78, 5) is 0. The molecule has 3 heteroatoms. The van der Waals surface area contributed by atoms with Gasteiger partial charge in [-0.15, -0.1) is 0 Å². The molecule has 3 nitrogen and oxygen atoms in total. The number of aryl methyl sites for hydroxylation is 1. The molecule has 2 aliphatic rings. The van der Waals surface area contributed by atoms with Crippen LogP contribution in [-0.4, -0.2) is 25.9 Å². The van der Waals surface area contributed by atoms with Gasteiger partial charge in [0.25, 0.3) is 0 Å². The number of fused-ring (bicyclic) bond motifs is 1. The van der Waals surface area contributed by atoms with Gasteiger partial charge >= 0.3 is 0 Å². The van der Waals surface area contributed by atoms with E-state index in [9.17, 15) is 0 Å². The molecule has 2 heterocycles. The van der Waals surface area contributed by atoms with E-state index in [1.54, 1.807) is 0 Å². The molecule has 1 saturated heterocycles. The van der Waals surface area contributed by atoms with Crippen LogP contribution < -0.4 is 10.1 Å². The van der Waals surface area contributed by atoms with Crippen LogP contribution >= 0.6 is 0 Å². The zero-order valence-electron chi connectivity index (χ0n) is 10.5. The maximum Gasteiger partial charge on any atom is 0.136 e. The molecular formula is C14H19NO2. The standard InChI is InChI=1S/C14H19NO2/c1-10-3-4-13-11(7-10)12(15-2)8-14(17-13)5-6-16-9-14/h3-4,7,12,15H,5-6,8-9H2,1-2H3. The van der Waals surface area contributed by atoms with Crippen molar-refractivity contribution in [2.75, 3.05) is 20.3 Å². The minimum absolute atomic E-state index is 0.101. The molecule has 17 heavy (non-hydrogen) atoms. The predicted octanol–water partition coefficient (Wildman–Crippen LogP) is 2.20. The highest BCUT2D eigenvalue weighted by Crippen LogP contribution is 2.43. The monoisotopic (exact) mass is 233 g/mol. The molecule has 2 unspecified atom stereocenters. The van der Waals surface area contributed by atoms with Crippen molar-refractivity contribution in [1.29, 1.82) is 0 Å². The Morgan fingerprint density at radius 2 is 2.29 bits per heavy atom. The first kappa shape index (κ1) is 11.1. The van der Waals surface area contributed by atoms with Crippen molar-refractivity contribution < 1.29 is 9.47 Å². The Labute approximate surface area is 102 Å². The summed E-state index contributed by atoms with van der Waals surface area (Å²) in [5.41, 5.74) is 2.46. The van der Waals surface area contributed by atoms with E-state index in [0.717, 1.165) is 31.8 Å².